The van der Waals surface area contributed by atoms with Gasteiger partial charge >= 0.3 is 0 Å². The molecule has 0 aromatic carbocycles. The van der Waals surface area contributed by atoms with Gasteiger partial charge < -0.3 is 5.32 Å². The van der Waals surface area contributed by atoms with Gasteiger partial charge in [-0.15, -0.1) is 0 Å². The third kappa shape index (κ3) is 1.96. The normalized spacial score (nSPS) is 31.5. The molecule has 0 amide bonds. The lowest BCUT2D eigenvalue weighted by molar-refractivity contribution is 0.00826. The van der Waals surface area contributed by atoms with E-state index in [9.17, 15) is 0 Å². The molecule has 1 aliphatic heterocycles. The van der Waals surface area contributed by atoms with Crippen LogP contribution in [0.4, 0.5) is 0 Å². The molecule has 1 aliphatic carbocycles. The van der Waals surface area contributed by atoms with Crippen LogP contribution in [0.2, 0.25) is 0 Å². The first-order valence-corrected chi connectivity index (χ1v) is 6.05. The first-order chi connectivity index (χ1) is 6.59. The lowest BCUT2D eigenvalue weighted by Gasteiger charge is -2.50. The van der Waals surface area contributed by atoms with E-state index in [1.807, 2.05) is 0 Å². The highest BCUT2D eigenvalue weighted by Crippen LogP contribution is 2.33. The van der Waals surface area contributed by atoms with E-state index in [-0.39, 0.29) is 0 Å². The molecule has 2 rings (SSSR count). The molecule has 82 valence electrons. The summed E-state index contributed by atoms with van der Waals surface area (Å²) in [6.45, 7) is 10.7. The van der Waals surface area contributed by atoms with Gasteiger partial charge in [0.1, 0.15) is 0 Å². The van der Waals surface area contributed by atoms with Crippen LogP contribution in [0.1, 0.15) is 40.0 Å². The molecule has 2 fully saturated rings. The predicted octanol–water partition coefficient (Wildman–Crippen LogP) is 1.86. The minimum Gasteiger partial charge on any atom is -0.314 e. The van der Waals surface area contributed by atoms with Crippen LogP contribution < -0.4 is 5.32 Å². The smallest absolute Gasteiger partial charge is 0.0272 e. The SMILES string of the molecule is CC(C)(C)[C@@H]1CNCCN1C1CCC1. The minimum atomic E-state index is 0.420. The molecule has 1 atom stereocenters. The van der Waals surface area contributed by atoms with Gasteiger partial charge in [0.2, 0.25) is 0 Å². The zero-order valence-electron chi connectivity index (χ0n) is 9.84. The second-order valence-corrected chi connectivity index (χ2v) is 5.91. The van der Waals surface area contributed by atoms with Crippen molar-refractivity contribution in [2.24, 2.45) is 5.41 Å². The van der Waals surface area contributed by atoms with Crippen molar-refractivity contribution in [2.75, 3.05) is 19.6 Å². The van der Waals surface area contributed by atoms with Gasteiger partial charge in [0.25, 0.3) is 0 Å². The van der Waals surface area contributed by atoms with Crippen molar-refractivity contribution < 1.29 is 0 Å². The van der Waals surface area contributed by atoms with Crippen LogP contribution in [0.5, 0.6) is 0 Å². The summed E-state index contributed by atoms with van der Waals surface area (Å²) in [5.74, 6) is 0. The monoisotopic (exact) mass is 196 g/mol. The van der Waals surface area contributed by atoms with Crippen LogP contribution in [0, 0.1) is 5.41 Å². The largest absolute Gasteiger partial charge is 0.314 e. The lowest BCUT2D eigenvalue weighted by Crippen LogP contribution is -2.61. The zero-order valence-corrected chi connectivity index (χ0v) is 9.84. The Morgan fingerprint density at radius 2 is 1.93 bits per heavy atom. The Morgan fingerprint density at radius 3 is 2.43 bits per heavy atom. The molecule has 0 unspecified atom stereocenters. The summed E-state index contributed by atoms with van der Waals surface area (Å²) in [4.78, 5) is 2.76. The summed E-state index contributed by atoms with van der Waals surface area (Å²) in [5, 5.41) is 3.53. The first-order valence-electron chi connectivity index (χ1n) is 6.05. The van der Waals surface area contributed by atoms with Crippen molar-refractivity contribution in [2.45, 2.75) is 52.1 Å². The van der Waals surface area contributed by atoms with E-state index in [1.165, 1.54) is 38.9 Å². The second-order valence-electron chi connectivity index (χ2n) is 5.91. The highest BCUT2D eigenvalue weighted by molar-refractivity contribution is 4.94. The first kappa shape index (κ1) is 10.4. The van der Waals surface area contributed by atoms with Crippen molar-refractivity contribution in [3.05, 3.63) is 0 Å². The fraction of sp³-hybridized carbons (Fsp3) is 1.00. The van der Waals surface area contributed by atoms with Crippen molar-refractivity contribution >= 4 is 0 Å². The third-order valence-corrected chi connectivity index (χ3v) is 3.83. The maximum atomic E-state index is 3.53. The van der Waals surface area contributed by atoms with Crippen LogP contribution >= 0.6 is 0 Å². The highest BCUT2D eigenvalue weighted by atomic mass is 15.3. The Kier molecular flexibility index (Phi) is 2.85. The van der Waals surface area contributed by atoms with E-state index in [0.29, 0.717) is 5.41 Å². The quantitative estimate of drug-likeness (QED) is 0.688. The van der Waals surface area contributed by atoms with Crippen LogP contribution in [0.25, 0.3) is 0 Å². The number of nitrogens with zero attached hydrogens (tertiary/aromatic N) is 1. The fourth-order valence-electron chi connectivity index (χ4n) is 2.68. The molecular formula is C12H24N2. The zero-order chi connectivity index (χ0) is 10.2. The van der Waals surface area contributed by atoms with Gasteiger partial charge in [0.15, 0.2) is 0 Å². The number of nitrogens with one attached hydrogen (secondary N) is 1. The minimum absolute atomic E-state index is 0.420. The molecule has 0 aromatic rings. The second kappa shape index (κ2) is 3.82. The van der Waals surface area contributed by atoms with Gasteiger partial charge in [-0.25, -0.2) is 0 Å². The van der Waals surface area contributed by atoms with Crippen LogP contribution in [-0.4, -0.2) is 36.6 Å². The van der Waals surface area contributed by atoms with Gasteiger partial charge in [0, 0.05) is 31.7 Å². The van der Waals surface area contributed by atoms with Crippen molar-refractivity contribution in [1.29, 1.82) is 0 Å². The molecule has 1 heterocycles. The number of piperazine rings is 1. The van der Waals surface area contributed by atoms with E-state index >= 15 is 0 Å². The fourth-order valence-corrected chi connectivity index (χ4v) is 2.68. The Hall–Kier alpha value is -0.0800. The molecule has 1 saturated carbocycles. The molecular weight excluding hydrogens is 172 g/mol. The van der Waals surface area contributed by atoms with Gasteiger partial charge in [0.05, 0.1) is 0 Å². The third-order valence-electron chi connectivity index (χ3n) is 3.83. The van der Waals surface area contributed by atoms with Crippen molar-refractivity contribution in [1.82, 2.24) is 10.2 Å². The Labute approximate surface area is 88.1 Å². The summed E-state index contributed by atoms with van der Waals surface area (Å²) in [6.07, 6.45) is 4.32. The van der Waals surface area contributed by atoms with Gasteiger partial charge in [-0.2, -0.15) is 0 Å². The predicted molar refractivity (Wildman–Crippen MR) is 60.5 cm³/mol. The maximum Gasteiger partial charge on any atom is 0.0272 e. The summed E-state index contributed by atoms with van der Waals surface area (Å²) in [5.41, 5.74) is 0.420. The molecule has 1 N–H and O–H groups in total. The summed E-state index contributed by atoms with van der Waals surface area (Å²) >= 11 is 0. The average molecular weight is 196 g/mol. The van der Waals surface area contributed by atoms with E-state index in [1.54, 1.807) is 0 Å². The number of hydrogen-bond acceptors (Lipinski definition) is 2. The molecule has 2 heteroatoms. The lowest BCUT2D eigenvalue weighted by atomic mass is 9.81. The van der Waals surface area contributed by atoms with Crippen LogP contribution in [-0.2, 0) is 0 Å². The van der Waals surface area contributed by atoms with E-state index in [2.05, 4.69) is 31.0 Å². The molecule has 14 heavy (non-hydrogen) atoms. The standard InChI is InChI=1S/C12H24N2/c1-12(2,3)11-9-13-7-8-14(11)10-5-4-6-10/h10-11,13H,4-9H2,1-3H3/t11-/m0/s1. The molecule has 0 spiro atoms. The van der Waals surface area contributed by atoms with Crippen molar-refractivity contribution in [3.63, 3.8) is 0 Å². The van der Waals surface area contributed by atoms with Gasteiger partial charge in [-0.3, -0.25) is 4.90 Å². The summed E-state index contributed by atoms with van der Waals surface area (Å²) in [6, 6.07) is 1.64. The molecule has 0 aromatic heterocycles. The summed E-state index contributed by atoms with van der Waals surface area (Å²) in [7, 11) is 0. The Balaban J connectivity index is 2.03. The van der Waals surface area contributed by atoms with Crippen molar-refractivity contribution in [3.8, 4) is 0 Å². The molecule has 2 nitrogen and oxygen atoms in total. The highest BCUT2D eigenvalue weighted by Gasteiger charge is 2.37. The molecule has 0 bridgehead atoms. The van der Waals surface area contributed by atoms with E-state index < -0.39 is 0 Å². The molecule has 2 aliphatic rings. The van der Waals surface area contributed by atoms with E-state index in [4.69, 9.17) is 0 Å². The number of rotatable bonds is 1. The van der Waals surface area contributed by atoms with Crippen LogP contribution in [0.3, 0.4) is 0 Å². The van der Waals surface area contributed by atoms with E-state index in [0.717, 1.165) is 12.1 Å². The van der Waals surface area contributed by atoms with Gasteiger partial charge in [-0.1, -0.05) is 27.2 Å². The van der Waals surface area contributed by atoms with Gasteiger partial charge in [-0.05, 0) is 18.3 Å². The molecule has 1 saturated heterocycles. The maximum absolute atomic E-state index is 3.53. The molecule has 0 radical (unpaired) electrons. The van der Waals surface area contributed by atoms with Crippen LogP contribution in [0.15, 0.2) is 0 Å². The Bertz CT molecular complexity index is 191. The topological polar surface area (TPSA) is 15.3 Å². The Morgan fingerprint density at radius 1 is 1.21 bits per heavy atom. The average Bonchev–Trinajstić information content (AvgIpc) is 2.00. The summed E-state index contributed by atoms with van der Waals surface area (Å²) < 4.78 is 0. The number of hydrogen-bond donors (Lipinski definition) is 1.